The molecule has 0 saturated carbocycles. The van der Waals surface area contributed by atoms with Crippen LogP contribution >= 0.6 is 0 Å². The first-order valence-corrected chi connectivity index (χ1v) is 8.33. The number of fused-ring (bicyclic) bond motifs is 1. The van der Waals surface area contributed by atoms with Crippen LogP contribution in [0.25, 0.3) is 0 Å². The lowest BCUT2D eigenvalue weighted by Crippen LogP contribution is -2.32. The van der Waals surface area contributed by atoms with Crippen molar-refractivity contribution in [3.63, 3.8) is 0 Å². The van der Waals surface area contributed by atoms with Gasteiger partial charge in [0.15, 0.2) is 0 Å². The predicted octanol–water partition coefficient (Wildman–Crippen LogP) is 2.36. The highest BCUT2D eigenvalue weighted by atomic mass is 32.2. The van der Waals surface area contributed by atoms with Gasteiger partial charge in [0.1, 0.15) is 11.8 Å². The van der Waals surface area contributed by atoms with E-state index >= 15 is 0 Å². The first-order valence-electron chi connectivity index (χ1n) is 6.85. The molecule has 2 aromatic rings. The molecule has 2 aromatic carbocycles. The minimum Gasteiger partial charge on any atom is -0.493 e. The Kier molecular flexibility index (Phi) is 3.84. The highest BCUT2D eigenvalue weighted by molar-refractivity contribution is 7.89. The number of nitrogens with zero attached hydrogens (tertiary/aromatic N) is 1. The number of ether oxygens (including phenoxy) is 1. The smallest absolute Gasteiger partial charge is 0.242 e. The van der Waals surface area contributed by atoms with Crippen molar-refractivity contribution < 1.29 is 13.2 Å². The lowest BCUT2D eigenvalue weighted by Gasteiger charge is -2.26. The fourth-order valence-electron chi connectivity index (χ4n) is 2.51. The largest absolute Gasteiger partial charge is 0.493 e. The molecule has 0 spiro atoms. The summed E-state index contributed by atoms with van der Waals surface area (Å²) >= 11 is 0. The number of rotatable bonds is 3. The van der Waals surface area contributed by atoms with E-state index in [1.165, 1.54) is 12.1 Å². The van der Waals surface area contributed by atoms with Gasteiger partial charge in [-0.1, -0.05) is 30.3 Å². The summed E-state index contributed by atoms with van der Waals surface area (Å²) in [5.74, 6) is 0.690. The summed E-state index contributed by atoms with van der Waals surface area (Å²) in [6.07, 6.45) is 0.547. The molecule has 0 amide bonds. The Labute approximate surface area is 129 Å². The van der Waals surface area contributed by atoms with Gasteiger partial charge in [0.2, 0.25) is 10.0 Å². The van der Waals surface area contributed by atoms with Crippen molar-refractivity contribution in [3.8, 4) is 11.8 Å². The van der Waals surface area contributed by atoms with Crippen LogP contribution in [0.4, 0.5) is 0 Å². The van der Waals surface area contributed by atoms with Crippen LogP contribution in [0.3, 0.4) is 0 Å². The first kappa shape index (κ1) is 14.6. The van der Waals surface area contributed by atoms with Crippen LogP contribution in [0.2, 0.25) is 0 Å². The normalized spacial score (nSPS) is 17.1. The van der Waals surface area contributed by atoms with Crippen molar-refractivity contribution in [2.75, 3.05) is 6.61 Å². The Bertz CT molecular complexity index is 840. The Morgan fingerprint density at radius 1 is 1.14 bits per heavy atom. The zero-order chi connectivity index (χ0) is 15.6. The molecule has 0 saturated heterocycles. The van der Waals surface area contributed by atoms with E-state index in [-0.39, 0.29) is 16.5 Å². The summed E-state index contributed by atoms with van der Waals surface area (Å²) in [4.78, 5) is 0.00136. The second-order valence-electron chi connectivity index (χ2n) is 4.96. The van der Waals surface area contributed by atoms with Gasteiger partial charge >= 0.3 is 0 Å². The molecule has 3 rings (SSSR count). The first-order chi connectivity index (χ1) is 10.6. The molecule has 1 heterocycles. The molecular formula is C16H14N2O3S. The van der Waals surface area contributed by atoms with Crippen molar-refractivity contribution in [2.45, 2.75) is 17.4 Å². The number of hydrogen-bond acceptors (Lipinski definition) is 4. The fraction of sp³-hybridized carbons (Fsp3) is 0.188. The third-order valence-electron chi connectivity index (χ3n) is 3.55. The molecule has 0 radical (unpaired) electrons. The van der Waals surface area contributed by atoms with Gasteiger partial charge in [0, 0.05) is 12.0 Å². The van der Waals surface area contributed by atoms with Crippen LogP contribution in [0, 0.1) is 11.3 Å². The third-order valence-corrected chi connectivity index (χ3v) is 5.08. The van der Waals surface area contributed by atoms with Crippen molar-refractivity contribution in [3.05, 3.63) is 59.7 Å². The molecule has 0 aliphatic carbocycles. The van der Waals surface area contributed by atoms with E-state index in [9.17, 15) is 8.42 Å². The van der Waals surface area contributed by atoms with Gasteiger partial charge in [-0.05, 0) is 18.2 Å². The molecule has 1 atom stereocenters. The summed E-state index contributed by atoms with van der Waals surface area (Å²) in [6, 6.07) is 15.1. The molecule has 0 aromatic heterocycles. The van der Waals surface area contributed by atoms with E-state index in [4.69, 9.17) is 10.00 Å². The van der Waals surface area contributed by atoms with Crippen LogP contribution in [-0.4, -0.2) is 15.0 Å². The average molecular weight is 314 g/mol. The molecule has 1 unspecified atom stereocenters. The van der Waals surface area contributed by atoms with Gasteiger partial charge in [-0.25, -0.2) is 13.1 Å². The Balaban J connectivity index is 1.95. The van der Waals surface area contributed by atoms with Crippen molar-refractivity contribution in [1.82, 2.24) is 4.72 Å². The van der Waals surface area contributed by atoms with Gasteiger partial charge in [-0.15, -0.1) is 0 Å². The van der Waals surface area contributed by atoms with Gasteiger partial charge in [-0.2, -0.15) is 5.26 Å². The second kappa shape index (κ2) is 5.79. The number of benzene rings is 2. The Hall–Kier alpha value is -2.36. The molecule has 1 aliphatic rings. The second-order valence-corrected chi connectivity index (χ2v) is 6.64. The molecule has 1 aliphatic heterocycles. The predicted molar refractivity (Wildman–Crippen MR) is 80.8 cm³/mol. The quantitative estimate of drug-likeness (QED) is 0.943. The van der Waals surface area contributed by atoms with Crippen molar-refractivity contribution in [2.24, 2.45) is 0 Å². The molecule has 22 heavy (non-hydrogen) atoms. The molecular weight excluding hydrogens is 300 g/mol. The van der Waals surface area contributed by atoms with E-state index in [1.54, 1.807) is 12.1 Å². The number of hydrogen-bond donors (Lipinski definition) is 1. The fourth-order valence-corrected chi connectivity index (χ4v) is 3.92. The molecule has 1 N–H and O–H groups in total. The lowest BCUT2D eigenvalue weighted by atomic mass is 10.0. The van der Waals surface area contributed by atoms with Crippen LogP contribution in [0.1, 0.15) is 23.6 Å². The standard InChI is InChI=1S/C16H14N2O3S/c17-11-12-5-1-4-8-16(12)22(19,20)18-14-9-10-21-15-7-3-2-6-13(14)15/h1-8,14,18H,9-10H2. The van der Waals surface area contributed by atoms with Gasteiger partial charge in [0.25, 0.3) is 0 Å². The maximum Gasteiger partial charge on any atom is 0.242 e. The minimum absolute atomic E-state index is 0.00136. The number of sulfonamides is 1. The molecule has 5 nitrogen and oxygen atoms in total. The summed E-state index contributed by atoms with van der Waals surface area (Å²) in [7, 11) is -3.77. The van der Waals surface area contributed by atoms with E-state index in [0.29, 0.717) is 18.8 Å². The monoisotopic (exact) mass is 314 g/mol. The number of nitrogens with one attached hydrogen (secondary N) is 1. The zero-order valence-electron chi connectivity index (χ0n) is 11.7. The van der Waals surface area contributed by atoms with E-state index in [1.807, 2.05) is 30.3 Å². The number of nitriles is 1. The van der Waals surface area contributed by atoms with Crippen molar-refractivity contribution in [1.29, 1.82) is 5.26 Å². The SMILES string of the molecule is N#Cc1ccccc1S(=O)(=O)NC1CCOc2ccccc21. The Morgan fingerprint density at radius 3 is 2.68 bits per heavy atom. The Morgan fingerprint density at radius 2 is 1.86 bits per heavy atom. The van der Waals surface area contributed by atoms with E-state index in [2.05, 4.69) is 4.72 Å². The summed E-state index contributed by atoms with van der Waals surface area (Å²) in [5, 5.41) is 9.08. The maximum absolute atomic E-state index is 12.6. The van der Waals surface area contributed by atoms with Gasteiger partial charge in [0.05, 0.1) is 23.1 Å². The van der Waals surface area contributed by atoms with E-state index < -0.39 is 10.0 Å². The van der Waals surface area contributed by atoms with Gasteiger partial charge in [-0.3, -0.25) is 0 Å². The molecule has 6 heteroatoms. The highest BCUT2D eigenvalue weighted by Gasteiger charge is 2.27. The molecule has 0 fully saturated rings. The minimum atomic E-state index is -3.77. The summed E-state index contributed by atoms with van der Waals surface area (Å²) in [6.45, 7) is 0.449. The topological polar surface area (TPSA) is 79.2 Å². The summed E-state index contributed by atoms with van der Waals surface area (Å²) in [5.41, 5.74) is 0.946. The number of para-hydroxylation sites is 1. The zero-order valence-corrected chi connectivity index (χ0v) is 12.5. The highest BCUT2D eigenvalue weighted by Crippen LogP contribution is 2.32. The third kappa shape index (κ3) is 2.69. The average Bonchev–Trinajstić information content (AvgIpc) is 2.55. The summed E-state index contributed by atoms with van der Waals surface area (Å²) < 4.78 is 33.4. The van der Waals surface area contributed by atoms with Gasteiger partial charge < -0.3 is 4.74 Å². The van der Waals surface area contributed by atoms with Crippen LogP contribution < -0.4 is 9.46 Å². The maximum atomic E-state index is 12.6. The van der Waals surface area contributed by atoms with E-state index in [0.717, 1.165) is 5.56 Å². The van der Waals surface area contributed by atoms with Crippen LogP contribution in [0.5, 0.6) is 5.75 Å². The van der Waals surface area contributed by atoms with Crippen LogP contribution in [-0.2, 0) is 10.0 Å². The van der Waals surface area contributed by atoms with Crippen LogP contribution in [0.15, 0.2) is 53.4 Å². The molecule has 112 valence electrons. The molecule has 0 bridgehead atoms. The lowest BCUT2D eigenvalue weighted by molar-refractivity contribution is 0.263. The van der Waals surface area contributed by atoms with Crippen molar-refractivity contribution >= 4 is 10.0 Å².